The van der Waals surface area contributed by atoms with Gasteiger partial charge in [-0.3, -0.25) is 0 Å². The van der Waals surface area contributed by atoms with Crippen LogP contribution in [-0.4, -0.2) is 17.8 Å². The molecule has 4 heteroatoms. The van der Waals surface area contributed by atoms with Crippen LogP contribution in [-0.2, 0) is 6.54 Å². The number of rotatable bonds is 7. The van der Waals surface area contributed by atoms with E-state index >= 15 is 0 Å². The van der Waals surface area contributed by atoms with Crippen LogP contribution in [0.25, 0.3) is 32.2 Å². The molecule has 0 aliphatic carbocycles. The zero-order valence-corrected chi connectivity index (χ0v) is 18.6. The lowest BCUT2D eigenvalue weighted by Crippen LogP contribution is -2.14. The standard InChI is InChI=1S/C26H29NO2S/c1-3-5-8-18(4-2)16-27-22-10-7-6-9-20(22)21-15-19(11-12-23(21)27)26-25-24(17-30-26)28-13-14-29-25/h6-7,9-12,15,17-18H,3-5,8,13-14,16H2,1-2H3. The fourth-order valence-electron chi connectivity index (χ4n) is 4.63. The van der Waals surface area contributed by atoms with E-state index in [1.165, 1.54) is 53.1 Å². The van der Waals surface area contributed by atoms with Gasteiger partial charge in [-0.2, -0.15) is 0 Å². The highest BCUT2D eigenvalue weighted by Crippen LogP contribution is 2.46. The first kappa shape index (κ1) is 19.5. The molecule has 3 heterocycles. The van der Waals surface area contributed by atoms with Crippen LogP contribution >= 0.6 is 11.3 Å². The second-order valence-corrected chi connectivity index (χ2v) is 9.11. The molecule has 1 aliphatic heterocycles. The third-order valence-corrected chi connectivity index (χ3v) is 7.31. The summed E-state index contributed by atoms with van der Waals surface area (Å²) in [6, 6.07) is 15.7. The van der Waals surface area contributed by atoms with Crippen molar-refractivity contribution in [3.05, 3.63) is 47.8 Å². The van der Waals surface area contributed by atoms with Gasteiger partial charge in [0.1, 0.15) is 13.2 Å². The Labute approximate surface area is 182 Å². The number of benzene rings is 2. The van der Waals surface area contributed by atoms with Gasteiger partial charge in [-0.1, -0.05) is 57.4 Å². The highest BCUT2D eigenvalue weighted by atomic mass is 32.1. The first-order chi connectivity index (χ1) is 14.8. The van der Waals surface area contributed by atoms with Crippen molar-refractivity contribution in [3.8, 4) is 21.9 Å². The van der Waals surface area contributed by atoms with Crippen LogP contribution in [0.5, 0.6) is 11.5 Å². The van der Waals surface area contributed by atoms with Gasteiger partial charge in [0.05, 0.1) is 4.88 Å². The molecule has 3 nitrogen and oxygen atoms in total. The topological polar surface area (TPSA) is 23.4 Å². The van der Waals surface area contributed by atoms with Gasteiger partial charge in [-0.15, -0.1) is 11.3 Å². The molecule has 0 saturated carbocycles. The number of thiophene rings is 1. The lowest BCUT2D eigenvalue weighted by atomic mass is 9.99. The molecule has 156 valence electrons. The molecule has 0 bridgehead atoms. The van der Waals surface area contributed by atoms with Crippen molar-refractivity contribution in [3.63, 3.8) is 0 Å². The van der Waals surface area contributed by atoms with Crippen molar-refractivity contribution < 1.29 is 9.47 Å². The van der Waals surface area contributed by atoms with Gasteiger partial charge in [0.2, 0.25) is 0 Å². The first-order valence-electron chi connectivity index (χ1n) is 11.2. The number of ether oxygens (including phenoxy) is 2. The Morgan fingerprint density at radius 2 is 1.83 bits per heavy atom. The van der Waals surface area contributed by atoms with Crippen molar-refractivity contribution in [1.82, 2.24) is 4.57 Å². The summed E-state index contributed by atoms with van der Waals surface area (Å²) in [7, 11) is 0. The fourth-order valence-corrected chi connectivity index (χ4v) is 5.56. The minimum absolute atomic E-state index is 0.619. The van der Waals surface area contributed by atoms with Crippen LogP contribution < -0.4 is 9.47 Å². The lowest BCUT2D eigenvalue weighted by molar-refractivity contribution is 0.174. The Bertz CT molecular complexity index is 1170. The summed E-state index contributed by atoms with van der Waals surface area (Å²) in [6.07, 6.45) is 5.11. The van der Waals surface area contributed by atoms with E-state index in [-0.39, 0.29) is 0 Å². The zero-order chi connectivity index (χ0) is 20.5. The third-order valence-electron chi connectivity index (χ3n) is 6.32. The van der Waals surface area contributed by atoms with Gasteiger partial charge < -0.3 is 14.0 Å². The second kappa shape index (κ2) is 8.35. The maximum absolute atomic E-state index is 5.94. The summed E-state index contributed by atoms with van der Waals surface area (Å²) in [6.45, 7) is 6.95. The SMILES string of the molecule is CCCCC(CC)Cn1c2ccccc2c2cc(-c3scc4c3OCCO4)ccc21. The molecule has 0 N–H and O–H groups in total. The molecular formula is C26H29NO2S. The smallest absolute Gasteiger partial charge is 0.179 e. The van der Waals surface area contributed by atoms with Crippen molar-refractivity contribution >= 4 is 33.1 Å². The average Bonchev–Trinajstić information content (AvgIpc) is 3.36. The van der Waals surface area contributed by atoms with Crippen molar-refractivity contribution in [2.75, 3.05) is 13.2 Å². The maximum Gasteiger partial charge on any atom is 0.179 e. The summed E-state index contributed by atoms with van der Waals surface area (Å²) in [5.74, 6) is 2.50. The van der Waals surface area contributed by atoms with Gasteiger partial charge in [0.15, 0.2) is 11.5 Å². The predicted molar refractivity (Wildman–Crippen MR) is 127 cm³/mol. The molecule has 1 aliphatic rings. The van der Waals surface area contributed by atoms with Crippen LogP contribution in [0.4, 0.5) is 0 Å². The summed E-state index contributed by atoms with van der Waals surface area (Å²) < 4.78 is 14.2. The number of hydrogen-bond acceptors (Lipinski definition) is 3. The summed E-state index contributed by atoms with van der Waals surface area (Å²) >= 11 is 1.71. The van der Waals surface area contributed by atoms with Crippen LogP contribution in [0.2, 0.25) is 0 Å². The number of hydrogen-bond donors (Lipinski definition) is 0. The van der Waals surface area contributed by atoms with Crippen LogP contribution in [0.15, 0.2) is 47.8 Å². The van der Waals surface area contributed by atoms with E-state index in [0.717, 1.165) is 28.8 Å². The molecule has 0 spiro atoms. The first-order valence-corrected chi connectivity index (χ1v) is 12.1. The van der Waals surface area contributed by atoms with Gasteiger partial charge >= 0.3 is 0 Å². The minimum atomic E-state index is 0.619. The largest absolute Gasteiger partial charge is 0.485 e. The molecule has 0 fully saturated rings. The maximum atomic E-state index is 5.94. The number of unbranched alkanes of at least 4 members (excludes halogenated alkanes) is 1. The van der Waals surface area contributed by atoms with Gasteiger partial charge in [-0.05, 0) is 36.1 Å². The van der Waals surface area contributed by atoms with Gasteiger partial charge in [-0.25, -0.2) is 0 Å². The number of para-hydroxylation sites is 1. The molecule has 1 atom stereocenters. The molecule has 30 heavy (non-hydrogen) atoms. The Balaban J connectivity index is 1.61. The normalized spacial score (nSPS) is 14.5. The van der Waals surface area contributed by atoms with Crippen molar-refractivity contribution in [2.45, 2.75) is 46.1 Å². The van der Waals surface area contributed by atoms with E-state index in [2.05, 4.69) is 66.3 Å². The molecule has 5 rings (SSSR count). The number of fused-ring (bicyclic) bond motifs is 4. The Morgan fingerprint density at radius 1 is 1.00 bits per heavy atom. The molecular weight excluding hydrogens is 390 g/mol. The average molecular weight is 420 g/mol. The van der Waals surface area contributed by atoms with Crippen molar-refractivity contribution in [2.24, 2.45) is 5.92 Å². The Morgan fingerprint density at radius 3 is 2.70 bits per heavy atom. The van der Waals surface area contributed by atoms with E-state index in [0.29, 0.717) is 13.2 Å². The minimum Gasteiger partial charge on any atom is -0.485 e. The highest BCUT2D eigenvalue weighted by molar-refractivity contribution is 7.14. The van der Waals surface area contributed by atoms with E-state index < -0.39 is 0 Å². The van der Waals surface area contributed by atoms with Gasteiger partial charge in [0, 0.05) is 33.7 Å². The van der Waals surface area contributed by atoms with E-state index in [1.807, 2.05) is 0 Å². The van der Waals surface area contributed by atoms with Gasteiger partial charge in [0.25, 0.3) is 0 Å². The van der Waals surface area contributed by atoms with Crippen molar-refractivity contribution in [1.29, 1.82) is 0 Å². The summed E-state index contributed by atoms with van der Waals surface area (Å²) in [5.41, 5.74) is 3.88. The second-order valence-electron chi connectivity index (χ2n) is 8.23. The predicted octanol–water partition coefficient (Wildman–Crippen LogP) is 7.51. The molecule has 2 aromatic heterocycles. The van der Waals surface area contributed by atoms with E-state index in [9.17, 15) is 0 Å². The molecule has 4 aromatic rings. The quantitative estimate of drug-likeness (QED) is 0.309. The highest BCUT2D eigenvalue weighted by Gasteiger charge is 2.21. The molecule has 0 amide bonds. The molecule has 0 saturated heterocycles. The number of nitrogens with zero attached hydrogens (tertiary/aromatic N) is 1. The lowest BCUT2D eigenvalue weighted by Gasteiger charge is -2.17. The Hall–Kier alpha value is -2.46. The van der Waals surface area contributed by atoms with E-state index in [4.69, 9.17) is 9.47 Å². The summed E-state index contributed by atoms with van der Waals surface area (Å²) in [4.78, 5) is 1.16. The third kappa shape index (κ3) is 3.37. The monoisotopic (exact) mass is 419 g/mol. The fraction of sp³-hybridized carbons (Fsp3) is 0.385. The van der Waals surface area contributed by atoms with Crippen LogP contribution in [0.1, 0.15) is 39.5 Å². The van der Waals surface area contributed by atoms with E-state index in [1.54, 1.807) is 11.3 Å². The van der Waals surface area contributed by atoms with Crippen LogP contribution in [0.3, 0.4) is 0 Å². The molecule has 2 aromatic carbocycles. The summed E-state index contributed by atoms with van der Waals surface area (Å²) in [5, 5.41) is 4.73. The zero-order valence-electron chi connectivity index (χ0n) is 17.8. The number of aromatic nitrogens is 1. The molecule has 0 radical (unpaired) electrons. The Kier molecular flexibility index (Phi) is 5.43. The van der Waals surface area contributed by atoms with Crippen LogP contribution in [0, 0.1) is 5.92 Å². The molecule has 1 unspecified atom stereocenters.